The lowest BCUT2D eigenvalue weighted by Crippen LogP contribution is -2.39. The molecule has 25 heavy (non-hydrogen) atoms. The highest BCUT2D eigenvalue weighted by atomic mass is 32.2. The van der Waals surface area contributed by atoms with Crippen molar-refractivity contribution in [2.45, 2.75) is 30.2 Å². The fourth-order valence-electron chi connectivity index (χ4n) is 3.46. The number of piperidine rings is 1. The standard InChI is InChI=1S/C17H19N5O2S/c1-21-12-19-20-17(21)14-8-2-3-11-22(14)25(23,24)15-9-4-6-13-7-5-10-18-16(13)15/h4-7,9-10,12,14H,2-3,8,11H2,1H3. The highest BCUT2D eigenvalue weighted by Crippen LogP contribution is 2.35. The number of fused-ring (bicyclic) bond motifs is 1. The Hall–Kier alpha value is -2.32. The van der Waals surface area contributed by atoms with E-state index >= 15 is 0 Å². The lowest BCUT2D eigenvalue weighted by molar-refractivity contribution is 0.242. The number of benzene rings is 1. The second-order valence-corrected chi connectivity index (χ2v) is 8.12. The van der Waals surface area contributed by atoms with Crippen molar-refractivity contribution in [2.75, 3.05) is 6.54 Å². The van der Waals surface area contributed by atoms with E-state index in [9.17, 15) is 8.42 Å². The van der Waals surface area contributed by atoms with Gasteiger partial charge in [0.25, 0.3) is 0 Å². The zero-order valence-corrected chi connectivity index (χ0v) is 14.7. The summed E-state index contributed by atoms with van der Waals surface area (Å²) in [4.78, 5) is 4.56. The SMILES string of the molecule is Cn1cnnc1C1CCCCN1S(=O)(=O)c1cccc2cccnc12. The molecule has 8 heteroatoms. The van der Waals surface area contributed by atoms with E-state index in [1.54, 1.807) is 33.5 Å². The van der Waals surface area contributed by atoms with Crippen LogP contribution in [0.5, 0.6) is 0 Å². The monoisotopic (exact) mass is 357 g/mol. The summed E-state index contributed by atoms with van der Waals surface area (Å²) in [5, 5.41) is 8.88. The van der Waals surface area contributed by atoms with Crippen molar-refractivity contribution in [1.29, 1.82) is 0 Å². The van der Waals surface area contributed by atoms with Gasteiger partial charge < -0.3 is 4.57 Å². The summed E-state index contributed by atoms with van der Waals surface area (Å²) in [7, 11) is -1.85. The first-order valence-electron chi connectivity index (χ1n) is 8.28. The van der Waals surface area contributed by atoms with Gasteiger partial charge in [-0.3, -0.25) is 4.98 Å². The molecule has 2 aromatic heterocycles. The van der Waals surface area contributed by atoms with E-state index < -0.39 is 10.0 Å². The topological polar surface area (TPSA) is 81.0 Å². The first-order chi connectivity index (χ1) is 12.1. The van der Waals surface area contributed by atoms with E-state index in [2.05, 4.69) is 15.2 Å². The molecule has 0 saturated carbocycles. The summed E-state index contributed by atoms with van der Waals surface area (Å²) in [6.45, 7) is 0.475. The largest absolute Gasteiger partial charge is 0.319 e. The van der Waals surface area contributed by atoms with Crippen molar-refractivity contribution in [1.82, 2.24) is 24.1 Å². The van der Waals surface area contributed by atoms with Gasteiger partial charge in [-0.15, -0.1) is 10.2 Å². The fourth-order valence-corrected chi connectivity index (χ4v) is 5.28. The smallest absolute Gasteiger partial charge is 0.245 e. The highest BCUT2D eigenvalue weighted by Gasteiger charge is 2.37. The minimum Gasteiger partial charge on any atom is -0.319 e. The Bertz CT molecular complexity index is 1010. The molecule has 4 rings (SSSR count). The maximum Gasteiger partial charge on any atom is 0.245 e. The summed E-state index contributed by atoms with van der Waals surface area (Å²) in [5.74, 6) is 0.677. The van der Waals surface area contributed by atoms with Crippen LogP contribution in [0.4, 0.5) is 0 Å². The van der Waals surface area contributed by atoms with Crippen molar-refractivity contribution in [2.24, 2.45) is 7.05 Å². The number of aromatic nitrogens is 4. The Labute approximate surface area is 146 Å². The van der Waals surface area contributed by atoms with Crippen LogP contribution in [0, 0.1) is 0 Å². The zero-order valence-electron chi connectivity index (χ0n) is 13.9. The van der Waals surface area contributed by atoms with Crippen molar-refractivity contribution in [3.05, 3.63) is 48.7 Å². The van der Waals surface area contributed by atoms with Crippen LogP contribution in [0.3, 0.4) is 0 Å². The number of sulfonamides is 1. The van der Waals surface area contributed by atoms with Gasteiger partial charge in [0.05, 0.1) is 11.6 Å². The van der Waals surface area contributed by atoms with Gasteiger partial charge in [0, 0.05) is 25.2 Å². The van der Waals surface area contributed by atoms with E-state index in [0.717, 1.165) is 24.6 Å². The molecule has 0 N–H and O–H groups in total. The van der Waals surface area contributed by atoms with Gasteiger partial charge in [-0.25, -0.2) is 8.42 Å². The quantitative estimate of drug-likeness (QED) is 0.718. The molecule has 1 aliphatic heterocycles. The van der Waals surface area contributed by atoms with Gasteiger partial charge in [0.15, 0.2) is 5.82 Å². The van der Waals surface area contributed by atoms with Crippen LogP contribution in [-0.4, -0.2) is 39.0 Å². The summed E-state index contributed by atoms with van der Waals surface area (Å²) in [5.41, 5.74) is 0.507. The normalized spacial score (nSPS) is 19.3. The molecule has 1 atom stereocenters. The fraction of sp³-hybridized carbons (Fsp3) is 0.353. The third-order valence-corrected chi connectivity index (χ3v) is 6.62. The van der Waals surface area contributed by atoms with E-state index in [4.69, 9.17) is 0 Å². The third kappa shape index (κ3) is 2.71. The molecule has 130 valence electrons. The number of aryl methyl sites for hydroxylation is 1. The molecule has 3 heterocycles. The number of hydrogen-bond acceptors (Lipinski definition) is 5. The van der Waals surface area contributed by atoms with Crippen molar-refractivity contribution in [3.63, 3.8) is 0 Å². The van der Waals surface area contributed by atoms with Crippen molar-refractivity contribution in [3.8, 4) is 0 Å². The average molecular weight is 357 g/mol. The molecule has 0 spiro atoms. The van der Waals surface area contributed by atoms with Crippen LogP contribution in [-0.2, 0) is 17.1 Å². The Balaban J connectivity index is 1.84. The first-order valence-corrected chi connectivity index (χ1v) is 9.72. The van der Waals surface area contributed by atoms with Crippen LogP contribution in [0.25, 0.3) is 10.9 Å². The minimum absolute atomic E-state index is 0.250. The van der Waals surface area contributed by atoms with E-state index in [-0.39, 0.29) is 10.9 Å². The Morgan fingerprint density at radius 2 is 2.00 bits per heavy atom. The lowest BCUT2D eigenvalue weighted by Gasteiger charge is -2.33. The number of pyridine rings is 1. The van der Waals surface area contributed by atoms with Gasteiger partial charge in [0.1, 0.15) is 11.2 Å². The molecular weight excluding hydrogens is 338 g/mol. The highest BCUT2D eigenvalue weighted by molar-refractivity contribution is 7.89. The molecule has 1 aromatic carbocycles. The summed E-state index contributed by atoms with van der Waals surface area (Å²) in [6, 6.07) is 8.65. The van der Waals surface area contributed by atoms with Crippen molar-refractivity contribution < 1.29 is 8.42 Å². The molecule has 7 nitrogen and oxygen atoms in total. The molecule has 1 fully saturated rings. The second kappa shape index (κ2) is 6.20. The second-order valence-electron chi connectivity index (χ2n) is 6.26. The molecular formula is C17H19N5O2S. The maximum absolute atomic E-state index is 13.4. The maximum atomic E-state index is 13.4. The Morgan fingerprint density at radius 1 is 1.16 bits per heavy atom. The molecule has 1 saturated heterocycles. The van der Waals surface area contributed by atoms with Crippen LogP contribution < -0.4 is 0 Å². The van der Waals surface area contributed by atoms with Gasteiger partial charge in [-0.05, 0) is 25.0 Å². The number of nitrogens with zero attached hydrogens (tertiary/aromatic N) is 5. The van der Waals surface area contributed by atoms with E-state index in [1.165, 1.54) is 0 Å². The van der Waals surface area contributed by atoms with Crippen LogP contribution >= 0.6 is 0 Å². The zero-order chi connectivity index (χ0) is 17.4. The predicted octanol–water partition coefficient (Wildman–Crippen LogP) is 2.28. The summed E-state index contributed by atoms with van der Waals surface area (Å²) in [6.07, 6.45) is 5.78. The van der Waals surface area contributed by atoms with Crippen molar-refractivity contribution >= 4 is 20.9 Å². The molecule has 0 aliphatic carbocycles. The Kier molecular flexibility index (Phi) is 4.01. The van der Waals surface area contributed by atoms with Gasteiger partial charge in [-0.2, -0.15) is 4.31 Å². The first kappa shape index (κ1) is 16.2. The molecule has 3 aromatic rings. The number of rotatable bonds is 3. The number of para-hydroxylation sites is 1. The lowest BCUT2D eigenvalue weighted by atomic mass is 10.0. The van der Waals surface area contributed by atoms with Gasteiger partial charge in [-0.1, -0.05) is 24.6 Å². The third-order valence-electron chi connectivity index (χ3n) is 4.68. The van der Waals surface area contributed by atoms with Crippen LogP contribution in [0.2, 0.25) is 0 Å². The Morgan fingerprint density at radius 3 is 2.80 bits per heavy atom. The molecule has 0 radical (unpaired) electrons. The summed E-state index contributed by atoms with van der Waals surface area (Å²) >= 11 is 0. The predicted molar refractivity (Wildman–Crippen MR) is 93.2 cm³/mol. The van der Waals surface area contributed by atoms with Gasteiger partial charge >= 0.3 is 0 Å². The average Bonchev–Trinajstić information content (AvgIpc) is 3.07. The van der Waals surface area contributed by atoms with E-state index in [0.29, 0.717) is 17.9 Å². The number of hydrogen-bond donors (Lipinski definition) is 0. The van der Waals surface area contributed by atoms with E-state index in [1.807, 2.05) is 25.2 Å². The van der Waals surface area contributed by atoms with Crippen LogP contribution in [0.1, 0.15) is 31.1 Å². The molecule has 1 unspecified atom stereocenters. The minimum atomic E-state index is -3.69. The molecule has 0 amide bonds. The molecule has 0 bridgehead atoms. The van der Waals surface area contributed by atoms with Crippen LogP contribution in [0.15, 0.2) is 47.8 Å². The summed E-state index contributed by atoms with van der Waals surface area (Å²) < 4.78 is 30.2. The molecule has 1 aliphatic rings. The van der Waals surface area contributed by atoms with Gasteiger partial charge in [0.2, 0.25) is 10.0 Å².